The molecule has 11 heteroatoms. The summed E-state index contributed by atoms with van der Waals surface area (Å²) >= 11 is 0. The number of furan rings is 1. The van der Waals surface area contributed by atoms with Crippen LogP contribution in [0.4, 0.5) is 5.95 Å². The summed E-state index contributed by atoms with van der Waals surface area (Å²) in [6.45, 7) is -0.0352. The Labute approximate surface area is 156 Å². The van der Waals surface area contributed by atoms with Crippen molar-refractivity contribution in [3.63, 3.8) is 0 Å². The van der Waals surface area contributed by atoms with Gasteiger partial charge in [0.25, 0.3) is 0 Å². The van der Waals surface area contributed by atoms with Crippen molar-refractivity contribution in [1.82, 2.24) is 14.8 Å². The highest BCUT2D eigenvalue weighted by Crippen LogP contribution is 2.37. The molecule has 1 aromatic carbocycles. The summed E-state index contributed by atoms with van der Waals surface area (Å²) in [5.41, 5.74) is 5.79. The van der Waals surface area contributed by atoms with Crippen LogP contribution in [0.2, 0.25) is 0 Å². The Kier molecular flexibility index (Phi) is 5.33. The smallest absolute Gasteiger partial charge is 0.243 e. The summed E-state index contributed by atoms with van der Waals surface area (Å²) in [6.07, 6.45) is 1.48. The molecule has 0 amide bonds. The molecule has 3 aromatic rings. The number of nitrogens with two attached hydrogens (primary N) is 1. The molecule has 3 N–H and O–H groups in total. The van der Waals surface area contributed by atoms with Crippen LogP contribution in [-0.4, -0.2) is 49.7 Å². The Morgan fingerprint density at radius 2 is 1.85 bits per heavy atom. The highest BCUT2D eigenvalue weighted by atomic mass is 32.2. The first kappa shape index (κ1) is 18.7. The second-order valence-corrected chi connectivity index (χ2v) is 7.22. The highest BCUT2D eigenvalue weighted by Gasteiger charge is 2.25. The fourth-order valence-electron chi connectivity index (χ4n) is 2.52. The number of hydrogen-bond acceptors (Lipinski definition) is 8. The maximum atomic E-state index is 12.2. The van der Waals surface area contributed by atoms with E-state index in [1.54, 1.807) is 30.3 Å². The second-order valence-electron chi connectivity index (χ2n) is 5.38. The van der Waals surface area contributed by atoms with E-state index >= 15 is 0 Å². The molecule has 0 bridgehead atoms. The van der Waals surface area contributed by atoms with E-state index in [9.17, 15) is 8.42 Å². The van der Waals surface area contributed by atoms with Crippen molar-refractivity contribution in [1.29, 1.82) is 0 Å². The Morgan fingerprint density at radius 1 is 1.15 bits per heavy atom. The molecular weight excluding hydrogens is 374 g/mol. The van der Waals surface area contributed by atoms with Gasteiger partial charge in [0.1, 0.15) is 17.2 Å². The van der Waals surface area contributed by atoms with Crippen molar-refractivity contribution in [2.24, 2.45) is 5.73 Å². The van der Waals surface area contributed by atoms with Crippen LogP contribution in [0.1, 0.15) is 0 Å². The van der Waals surface area contributed by atoms with Crippen molar-refractivity contribution in [3.05, 3.63) is 36.6 Å². The van der Waals surface area contributed by atoms with Crippen molar-refractivity contribution in [3.8, 4) is 28.8 Å². The molecular formula is C16H19N5O5S. The number of methoxy groups -OCH3 is 2. The van der Waals surface area contributed by atoms with Gasteiger partial charge in [-0.05, 0) is 24.3 Å². The van der Waals surface area contributed by atoms with Crippen LogP contribution >= 0.6 is 0 Å². The third kappa shape index (κ3) is 3.73. The monoisotopic (exact) mass is 393 g/mol. The van der Waals surface area contributed by atoms with Gasteiger partial charge < -0.3 is 19.6 Å². The van der Waals surface area contributed by atoms with Crippen LogP contribution < -0.4 is 19.9 Å². The number of rotatable bonds is 8. The number of benzene rings is 1. The standard InChI is InChI=1S/C16H19N5O5S/c1-24-11-5-3-6-12(25-2)14(11)21-15(13-7-4-9-26-13)18-19-16(21)20-27(22,23)10-8-17/h3-7,9H,8,10,17H2,1-2H3,(H,19,20). The van der Waals surface area contributed by atoms with E-state index in [-0.39, 0.29) is 24.1 Å². The van der Waals surface area contributed by atoms with Gasteiger partial charge in [0.05, 0.1) is 26.2 Å². The zero-order valence-corrected chi connectivity index (χ0v) is 15.6. The summed E-state index contributed by atoms with van der Waals surface area (Å²) in [4.78, 5) is 0. The molecule has 3 rings (SSSR count). The normalized spacial score (nSPS) is 11.4. The van der Waals surface area contributed by atoms with Gasteiger partial charge in [-0.1, -0.05) is 6.07 Å². The number of anilines is 1. The molecule has 0 aliphatic heterocycles. The summed E-state index contributed by atoms with van der Waals surface area (Å²) in [5.74, 6) is 1.21. The molecule has 0 aliphatic carbocycles. The van der Waals surface area contributed by atoms with Gasteiger partial charge in [0.2, 0.25) is 21.8 Å². The van der Waals surface area contributed by atoms with Crippen LogP contribution in [0.5, 0.6) is 11.5 Å². The molecule has 10 nitrogen and oxygen atoms in total. The molecule has 2 aromatic heterocycles. The lowest BCUT2D eigenvalue weighted by molar-refractivity contribution is 0.391. The minimum absolute atomic E-state index is 0.0352. The minimum atomic E-state index is -3.72. The fourth-order valence-corrected chi connectivity index (χ4v) is 3.35. The number of para-hydroxylation sites is 1. The number of sulfonamides is 1. The Hall–Kier alpha value is -3.05. The first-order valence-electron chi connectivity index (χ1n) is 7.92. The molecule has 144 valence electrons. The van der Waals surface area contributed by atoms with Crippen molar-refractivity contribution in [2.75, 3.05) is 31.2 Å². The lowest BCUT2D eigenvalue weighted by Crippen LogP contribution is -2.24. The molecule has 0 aliphatic rings. The maximum absolute atomic E-state index is 12.2. The van der Waals surface area contributed by atoms with Crippen LogP contribution in [0.25, 0.3) is 17.3 Å². The summed E-state index contributed by atoms with van der Waals surface area (Å²) in [6, 6.07) is 8.53. The molecule has 0 radical (unpaired) electrons. The van der Waals surface area contributed by atoms with Crippen molar-refractivity contribution in [2.45, 2.75) is 0 Å². The summed E-state index contributed by atoms with van der Waals surface area (Å²) in [7, 11) is -0.733. The maximum Gasteiger partial charge on any atom is 0.243 e. The first-order valence-corrected chi connectivity index (χ1v) is 9.57. The summed E-state index contributed by atoms with van der Waals surface area (Å²) in [5, 5.41) is 8.06. The van der Waals surface area contributed by atoms with Crippen molar-refractivity contribution >= 4 is 16.0 Å². The topological polar surface area (TPSA) is 134 Å². The zero-order chi connectivity index (χ0) is 19.4. The van der Waals surface area contributed by atoms with E-state index in [4.69, 9.17) is 19.6 Å². The molecule has 0 saturated carbocycles. The van der Waals surface area contributed by atoms with E-state index in [2.05, 4.69) is 14.9 Å². The van der Waals surface area contributed by atoms with Crippen LogP contribution in [0, 0.1) is 0 Å². The predicted molar refractivity (Wildman–Crippen MR) is 98.6 cm³/mol. The van der Waals surface area contributed by atoms with E-state index < -0.39 is 10.0 Å². The third-order valence-electron chi connectivity index (χ3n) is 3.66. The molecule has 27 heavy (non-hydrogen) atoms. The first-order chi connectivity index (χ1) is 13.0. The number of nitrogens with one attached hydrogen (secondary N) is 1. The van der Waals surface area contributed by atoms with E-state index in [0.717, 1.165) is 0 Å². The average Bonchev–Trinajstić information content (AvgIpc) is 3.30. The van der Waals surface area contributed by atoms with E-state index in [0.29, 0.717) is 22.9 Å². The number of nitrogens with zero attached hydrogens (tertiary/aromatic N) is 3. The second kappa shape index (κ2) is 7.68. The minimum Gasteiger partial charge on any atom is -0.494 e. The largest absolute Gasteiger partial charge is 0.494 e. The molecule has 0 atom stereocenters. The lowest BCUT2D eigenvalue weighted by atomic mass is 10.2. The van der Waals surface area contributed by atoms with Gasteiger partial charge >= 0.3 is 0 Å². The highest BCUT2D eigenvalue weighted by molar-refractivity contribution is 7.92. The number of ether oxygens (including phenoxy) is 2. The Balaban J connectivity index is 2.26. The van der Waals surface area contributed by atoms with Gasteiger partial charge in [-0.3, -0.25) is 9.29 Å². The van der Waals surface area contributed by atoms with E-state index in [1.165, 1.54) is 25.0 Å². The van der Waals surface area contributed by atoms with Gasteiger partial charge in [-0.2, -0.15) is 0 Å². The lowest BCUT2D eigenvalue weighted by Gasteiger charge is -2.17. The molecule has 2 heterocycles. The van der Waals surface area contributed by atoms with Gasteiger partial charge in [0, 0.05) is 6.54 Å². The zero-order valence-electron chi connectivity index (χ0n) is 14.7. The van der Waals surface area contributed by atoms with Crippen molar-refractivity contribution < 1.29 is 22.3 Å². The molecule has 0 unspecified atom stereocenters. The van der Waals surface area contributed by atoms with Gasteiger partial charge in [0.15, 0.2) is 5.76 Å². The average molecular weight is 393 g/mol. The SMILES string of the molecule is COc1cccc(OC)c1-n1c(NS(=O)(=O)CCN)nnc1-c1ccco1. The van der Waals surface area contributed by atoms with Crippen LogP contribution in [-0.2, 0) is 10.0 Å². The predicted octanol–water partition coefficient (Wildman–Crippen LogP) is 1.24. The number of hydrogen-bond donors (Lipinski definition) is 2. The van der Waals surface area contributed by atoms with Crippen LogP contribution in [0.3, 0.4) is 0 Å². The Morgan fingerprint density at radius 3 is 2.41 bits per heavy atom. The van der Waals surface area contributed by atoms with E-state index in [1.807, 2.05) is 0 Å². The third-order valence-corrected chi connectivity index (χ3v) is 4.93. The molecule has 0 fully saturated rings. The molecule has 0 saturated heterocycles. The number of aromatic nitrogens is 3. The van der Waals surface area contributed by atoms with Gasteiger partial charge in [-0.25, -0.2) is 8.42 Å². The quantitative estimate of drug-likeness (QED) is 0.584. The fraction of sp³-hybridized carbons (Fsp3) is 0.250. The van der Waals surface area contributed by atoms with Crippen LogP contribution in [0.15, 0.2) is 41.0 Å². The summed E-state index contributed by atoms with van der Waals surface area (Å²) < 4.78 is 44.6. The Bertz CT molecular complexity index is 992. The molecule has 0 spiro atoms. The van der Waals surface area contributed by atoms with Gasteiger partial charge in [-0.15, -0.1) is 10.2 Å².